The van der Waals surface area contributed by atoms with E-state index in [0.29, 0.717) is 25.0 Å². The summed E-state index contributed by atoms with van der Waals surface area (Å²) in [5.41, 5.74) is 8.87. The summed E-state index contributed by atoms with van der Waals surface area (Å²) in [4.78, 5) is 47.1. The number of carbonyl (C=O) groups excluding carboxylic acids is 3. The number of aromatic amines is 1. The van der Waals surface area contributed by atoms with Crippen LogP contribution in [0.25, 0.3) is 16.8 Å². The largest absolute Gasteiger partial charge is 0.348 e. The summed E-state index contributed by atoms with van der Waals surface area (Å²) in [7, 11) is 0. The Hall–Kier alpha value is -4.36. The third kappa shape index (κ3) is 8.32. The summed E-state index contributed by atoms with van der Waals surface area (Å²) < 4.78 is 0. The molecular weight excluding hydrogens is 512 g/mol. The van der Waals surface area contributed by atoms with Gasteiger partial charge in [0.15, 0.2) is 0 Å². The number of nitrogens with two attached hydrogens (primary N) is 1. The molecule has 0 fully saturated rings. The Bertz CT molecular complexity index is 1470. The highest BCUT2D eigenvalue weighted by Crippen LogP contribution is 2.24. The molecule has 4 rings (SSSR count). The van der Waals surface area contributed by atoms with E-state index in [4.69, 9.17) is 5.73 Å². The molecule has 0 aliphatic heterocycles. The number of aromatic nitrogens is 2. The minimum atomic E-state index is -1.02. The van der Waals surface area contributed by atoms with Crippen molar-refractivity contribution in [2.75, 3.05) is 0 Å². The molecule has 0 radical (unpaired) electrons. The summed E-state index contributed by atoms with van der Waals surface area (Å²) in [5, 5.41) is 5.14. The first-order chi connectivity index (χ1) is 19.8. The van der Waals surface area contributed by atoms with Crippen LogP contribution in [0.3, 0.4) is 0 Å². The van der Waals surface area contributed by atoms with E-state index in [1.807, 2.05) is 80.6 Å². The third-order valence-corrected chi connectivity index (χ3v) is 7.16. The highest BCUT2D eigenvalue weighted by atomic mass is 16.2. The number of allylic oxidation sites excluding steroid dienone is 1. The Morgan fingerprint density at radius 1 is 0.927 bits per heavy atom. The molecule has 7 nitrogen and oxygen atoms in total. The van der Waals surface area contributed by atoms with Crippen LogP contribution in [0, 0.1) is 11.8 Å². The SMILES string of the molecule is CC(C)C[C@H](NC(=O)C(CC=Cc1ccccc1)Cc1cccc2ccccc12)C(=O)C(=O)[C@@H](N)Cc1cnc[nH]1. The molecule has 1 heterocycles. The predicted molar refractivity (Wildman–Crippen MR) is 163 cm³/mol. The van der Waals surface area contributed by atoms with Gasteiger partial charge in [-0.2, -0.15) is 0 Å². The molecule has 4 N–H and O–H groups in total. The lowest BCUT2D eigenvalue weighted by atomic mass is 9.90. The van der Waals surface area contributed by atoms with Gasteiger partial charge in [0.2, 0.25) is 17.5 Å². The average molecular weight is 551 g/mol. The standard InChI is InChI=1S/C34H38N4O3/c1-23(2)18-31(33(40)32(39)30(35)20-28-21-36-22-37-28)38-34(41)27(16-8-12-24-10-4-3-5-11-24)19-26-15-9-14-25-13-6-7-17-29(25)26/h3-15,17,21-23,27,30-31H,16,18-20,35H2,1-2H3,(H,36,37)(H,38,41)/t27?,30-,31-/m0/s1. The average Bonchev–Trinajstić information content (AvgIpc) is 3.49. The van der Waals surface area contributed by atoms with Gasteiger partial charge in [0, 0.05) is 24.2 Å². The van der Waals surface area contributed by atoms with E-state index < -0.39 is 29.6 Å². The lowest BCUT2D eigenvalue weighted by Gasteiger charge is -2.24. The molecule has 1 unspecified atom stereocenters. The second-order valence-electron chi connectivity index (χ2n) is 10.9. The summed E-state index contributed by atoms with van der Waals surface area (Å²) in [6, 6.07) is 22.1. The molecule has 0 aliphatic carbocycles. The quantitative estimate of drug-likeness (QED) is 0.190. The molecule has 1 amide bonds. The number of amides is 1. The van der Waals surface area contributed by atoms with Crippen LogP contribution in [0.2, 0.25) is 0 Å². The zero-order valence-corrected chi connectivity index (χ0v) is 23.6. The van der Waals surface area contributed by atoms with E-state index in [2.05, 4.69) is 33.5 Å². The van der Waals surface area contributed by atoms with Crippen molar-refractivity contribution < 1.29 is 14.4 Å². The number of imidazole rings is 1. The van der Waals surface area contributed by atoms with E-state index in [-0.39, 0.29) is 18.2 Å². The number of carbonyl (C=O) groups is 3. The van der Waals surface area contributed by atoms with Gasteiger partial charge < -0.3 is 16.0 Å². The van der Waals surface area contributed by atoms with Gasteiger partial charge in [-0.3, -0.25) is 14.4 Å². The Morgan fingerprint density at radius 2 is 1.66 bits per heavy atom. The van der Waals surface area contributed by atoms with Gasteiger partial charge in [-0.05, 0) is 47.1 Å². The number of hydrogen-bond acceptors (Lipinski definition) is 5. The number of nitrogens with zero attached hydrogens (tertiary/aromatic N) is 1. The van der Waals surface area contributed by atoms with Gasteiger partial charge >= 0.3 is 0 Å². The van der Waals surface area contributed by atoms with Crippen molar-refractivity contribution in [3.05, 3.63) is 108 Å². The molecule has 3 atom stereocenters. The van der Waals surface area contributed by atoms with Crippen LogP contribution in [0.4, 0.5) is 0 Å². The van der Waals surface area contributed by atoms with E-state index in [0.717, 1.165) is 21.9 Å². The number of fused-ring (bicyclic) bond motifs is 1. The molecule has 0 aliphatic rings. The van der Waals surface area contributed by atoms with Crippen LogP contribution in [0.15, 0.2) is 91.4 Å². The topological polar surface area (TPSA) is 118 Å². The number of ketones is 2. The number of Topliss-reactive ketones (excluding diaryl/α,β-unsaturated/α-hetero) is 2. The molecule has 0 saturated heterocycles. The Labute approximate surface area is 241 Å². The van der Waals surface area contributed by atoms with E-state index in [9.17, 15) is 14.4 Å². The Kier molecular flexibility index (Phi) is 10.3. The second-order valence-corrected chi connectivity index (χ2v) is 10.9. The van der Waals surface area contributed by atoms with Crippen molar-refractivity contribution in [2.45, 2.75) is 51.6 Å². The highest BCUT2D eigenvalue weighted by Gasteiger charge is 2.32. The summed E-state index contributed by atoms with van der Waals surface area (Å²) in [5.74, 6) is -1.99. The Morgan fingerprint density at radius 3 is 2.39 bits per heavy atom. The molecule has 41 heavy (non-hydrogen) atoms. The summed E-state index contributed by atoms with van der Waals surface area (Å²) in [6.45, 7) is 3.91. The van der Waals surface area contributed by atoms with Gasteiger partial charge in [0.25, 0.3) is 0 Å². The first-order valence-corrected chi connectivity index (χ1v) is 14.1. The molecule has 0 bridgehead atoms. The number of rotatable bonds is 14. The van der Waals surface area contributed by atoms with Crippen molar-refractivity contribution >= 4 is 34.3 Å². The molecule has 0 spiro atoms. The van der Waals surface area contributed by atoms with Crippen LogP contribution in [-0.2, 0) is 27.2 Å². The van der Waals surface area contributed by atoms with E-state index in [1.54, 1.807) is 6.20 Å². The molecule has 212 valence electrons. The number of nitrogens with one attached hydrogen (secondary N) is 2. The molecule has 3 aromatic carbocycles. The van der Waals surface area contributed by atoms with Crippen molar-refractivity contribution in [3.8, 4) is 0 Å². The molecular formula is C34H38N4O3. The van der Waals surface area contributed by atoms with Gasteiger partial charge in [-0.25, -0.2) is 4.98 Å². The lowest BCUT2D eigenvalue weighted by molar-refractivity contribution is -0.140. The van der Waals surface area contributed by atoms with Crippen LogP contribution >= 0.6 is 0 Å². The predicted octanol–water partition coefficient (Wildman–Crippen LogP) is 5.06. The van der Waals surface area contributed by atoms with Crippen molar-refractivity contribution in [1.82, 2.24) is 15.3 Å². The first kappa shape index (κ1) is 29.6. The zero-order valence-electron chi connectivity index (χ0n) is 23.6. The van der Waals surface area contributed by atoms with Crippen LogP contribution in [0.5, 0.6) is 0 Å². The second kappa shape index (κ2) is 14.3. The first-order valence-electron chi connectivity index (χ1n) is 14.1. The molecule has 1 aromatic heterocycles. The lowest BCUT2D eigenvalue weighted by Crippen LogP contribution is -2.51. The van der Waals surface area contributed by atoms with Crippen LogP contribution in [-0.4, -0.2) is 39.5 Å². The monoisotopic (exact) mass is 550 g/mol. The smallest absolute Gasteiger partial charge is 0.224 e. The van der Waals surface area contributed by atoms with Crippen LogP contribution in [0.1, 0.15) is 43.5 Å². The number of hydrogen-bond donors (Lipinski definition) is 3. The molecule has 0 saturated carbocycles. The third-order valence-electron chi connectivity index (χ3n) is 7.16. The molecule has 7 heteroatoms. The fourth-order valence-corrected chi connectivity index (χ4v) is 5.02. The molecule has 4 aromatic rings. The van der Waals surface area contributed by atoms with Gasteiger partial charge in [-0.15, -0.1) is 0 Å². The highest BCUT2D eigenvalue weighted by molar-refractivity contribution is 6.41. The maximum Gasteiger partial charge on any atom is 0.224 e. The van der Waals surface area contributed by atoms with Crippen molar-refractivity contribution in [1.29, 1.82) is 0 Å². The minimum absolute atomic E-state index is 0.0791. The maximum absolute atomic E-state index is 13.8. The maximum atomic E-state index is 13.8. The van der Waals surface area contributed by atoms with Crippen molar-refractivity contribution in [2.24, 2.45) is 17.6 Å². The fraction of sp³-hybridized carbons (Fsp3) is 0.294. The van der Waals surface area contributed by atoms with Crippen LogP contribution < -0.4 is 11.1 Å². The van der Waals surface area contributed by atoms with Crippen molar-refractivity contribution in [3.63, 3.8) is 0 Å². The van der Waals surface area contributed by atoms with E-state index in [1.165, 1.54) is 6.33 Å². The minimum Gasteiger partial charge on any atom is -0.348 e. The fourth-order valence-electron chi connectivity index (χ4n) is 5.02. The van der Waals surface area contributed by atoms with Gasteiger partial charge in [0.1, 0.15) is 0 Å². The zero-order chi connectivity index (χ0) is 29.2. The Balaban J connectivity index is 1.55. The summed E-state index contributed by atoms with van der Waals surface area (Å²) >= 11 is 0. The van der Waals surface area contributed by atoms with Gasteiger partial charge in [-0.1, -0.05) is 98.8 Å². The number of H-pyrrole nitrogens is 1. The van der Waals surface area contributed by atoms with E-state index >= 15 is 0 Å². The number of benzene rings is 3. The summed E-state index contributed by atoms with van der Waals surface area (Å²) in [6.07, 6.45) is 8.54. The van der Waals surface area contributed by atoms with Gasteiger partial charge in [0.05, 0.1) is 18.4 Å². The normalized spacial score (nSPS) is 13.8.